The maximum atomic E-state index is 11.1. The van der Waals surface area contributed by atoms with Crippen LogP contribution in [0.5, 0.6) is 0 Å². The first-order valence-electron chi connectivity index (χ1n) is 6.14. The summed E-state index contributed by atoms with van der Waals surface area (Å²) in [5.74, 6) is -0.00829. The molecule has 2 aliphatic heterocycles. The van der Waals surface area contributed by atoms with Crippen molar-refractivity contribution in [1.29, 1.82) is 0 Å². The van der Waals surface area contributed by atoms with Gasteiger partial charge in [0.15, 0.2) is 0 Å². The highest BCUT2D eigenvalue weighted by Gasteiger charge is 2.29. The smallest absolute Gasteiger partial charge is 0.220 e. The SMILES string of the molecule is NC(=O)C1CCN(C2CCN(S)CC2)CC1. The Morgan fingerprint density at radius 3 is 2.12 bits per heavy atom. The minimum Gasteiger partial charge on any atom is -0.369 e. The number of likely N-dealkylation sites (tertiary alicyclic amines) is 1. The van der Waals surface area contributed by atoms with Gasteiger partial charge in [-0.3, -0.25) is 9.10 Å². The third kappa shape index (κ3) is 2.90. The molecule has 0 radical (unpaired) electrons. The van der Waals surface area contributed by atoms with Crippen LogP contribution in [0.1, 0.15) is 25.7 Å². The average molecular weight is 243 g/mol. The Morgan fingerprint density at radius 2 is 1.62 bits per heavy atom. The van der Waals surface area contributed by atoms with Gasteiger partial charge in [0.2, 0.25) is 5.91 Å². The molecular weight excluding hydrogens is 222 g/mol. The fourth-order valence-corrected chi connectivity index (χ4v) is 3.00. The lowest BCUT2D eigenvalue weighted by atomic mass is 9.93. The largest absolute Gasteiger partial charge is 0.369 e. The second kappa shape index (κ2) is 5.38. The van der Waals surface area contributed by atoms with Crippen molar-refractivity contribution >= 4 is 18.7 Å². The molecule has 2 rings (SSSR count). The molecule has 4 nitrogen and oxygen atoms in total. The monoisotopic (exact) mass is 243 g/mol. The van der Waals surface area contributed by atoms with Gasteiger partial charge in [0.05, 0.1) is 0 Å². The van der Waals surface area contributed by atoms with Gasteiger partial charge in [-0.25, -0.2) is 0 Å². The van der Waals surface area contributed by atoms with Crippen LogP contribution in [0.2, 0.25) is 0 Å². The highest BCUT2D eigenvalue weighted by atomic mass is 32.1. The van der Waals surface area contributed by atoms with Crippen molar-refractivity contribution in [3.8, 4) is 0 Å². The normalized spacial score (nSPS) is 27.1. The molecule has 2 aliphatic rings. The Bertz CT molecular complexity index is 246. The van der Waals surface area contributed by atoms with Crippen molar-refractivity contribution in [2.24, 2.45) is 11.7 Å². The first-order chi connectivity index (χ1) is 7.66. The summed E-state index contributed by atoms with van der Waals surface area (Å²) >= 11 is 4.36. The molecule has 0 aromatic heterocycles. The number of piperidine rings is 2. The van der Waals surface area contributed by atoms with E-state index in [0.29, 0.717) is 6.04 Å². The minimum absolute atomic E-state index is 0.112. The third-order valence-corrected chi connectivity index (χ3v) is 4.29. The minimum atomic E-state index is -0.121. The third-order valence-electron chi connectivity index (χ3n) is 3.89. The molecule has 2 fully saturated rings. The van der Waals surface area contributed by atoms with Gasteiger partial charge in [-0.2, -0.15) is 0 Å². The molecule has 2 heterocycles. The van der Waals surface area contributed by atoms with E-state index in [-0.39, 0.29) is 11.8 Å². The molecule has 0 aromatic carbocycles. The van der Waals surface area contributed by atoms with E-state index in [1.54, 1.807) is 0 Å². The quantitative estimate of drug-likeness (QED) is 0.694. The summed E-state index contributed by atoms with van der Waals surface area (Å²) in [5.41, 5.74) is 5.34. The molecule has 0 atom stereocenters. The first kappa shape index (κ1) is 12.2. The van der Waals surface area contributed by atoms with Gasteiger partial charge in [0, 0.05) is 25.0 Å². The van der Waals surface area contributed by atoms with Crippen molar-refractivity contribution in [2.45, 2.75) is 31.7 Å². The van der Waals surface area contributed by atoms with Gasteiger partial charge >= 0.3 is 0 Å². The zero-order chi connectivity index (χ0) is 11.5. The average Bonchev–Trinajstić information content (AvgIpc) is 2.30. The number of amides is 1. The Hall–Kier alpha value is -0.260. The van der Waals surface area contributed by atoms with Gasteiger partial charge in [0.25, 0.3) is 0 Å². The summed E-state index contributed by atoms with van der Waals surface area (Å²) in [6.07, 6.45) is 4.28. The van der Waals surface area contributed by atoms with E-state index in [2.05, 4.69) is 22.0 Å². The fourth-order valence-electron chi connectivity index (χ4n) is 2.77. The molecule has 2 saturated heterocycles. The van der Waals surface area contributed by atoms with Crippen molar-refractivity contribution in [1.82, 2.24) is 9.21 Å². The molecule has 92 valence electrons. The van der Waals surface area contributed by atoms with Crippen LogP contribution in [0.15, 0.2) is 0 Å². The summed E-state index contributed by atoms with van der Waals surface area (Å²) in [5, 5.41) is 0. The van der Waals surface area contributed by atoms with E-state index in [1.165, 1.54) is 12.8 Å². The number of nitrogens with two attached hydrogens (primary N) is 1. The molecule has 0 spiro atoms. The number of primary amides is 1. The van der Waals surface area contributed by atoms with E-state index in [0.717, 1.165) is 39.0 Å². The van der Waals surface area contributed by atoms with Crippen LogP contribution in [-0.4, -0.2) is 47.3 Å². The number of carbonyl (C=O) groups is 1. The van der Waals surface area contributed by atoms with Crippen LogP contribution < -0.4 is 5.73 Å². The number of hydrogen-bond donors (Lipinski definition) is 2. The maximum absolute atomic E-state index is 11.1. The topological polar surface area (TPSA) is 49.6 Å². The van der Waals surface area contributed by atoms with Crippen LogP contribution in [0, 0.1) is 5.92 Å². The van der Waals surface area contributed by atoms with E-state index in [1.807, 2.05) is 0 Å². The molecule has 0 aliphatic carbocycles. The summed E-state index contributed by atoms with van der Waals surface area (Å²) in [4.78, 5) is 13.6. The Kier molecular flexibility index (Phi) is 4.10. The van der Waals surface area contributed by atoms with Gasteiger partial charge in [0.1, 0.15) is 0 Å². The summed E-state index contributed by atoms with van der Waals surface area (Å²) < 4.78 is 2.09. The van der Waals surface area contributed by atoms with Gasteiger partial charge in [-0.15, -0.1) is 0 Å². The van der Waals surface area contributed by atoms with Crippen molar-refractivity contribution in [2.75, 3.05) is 26.2 Å². The second-order valence-electron chi connectivity index (χ2n) is 4.90. The molecule has 5 heteroatoms. The highest BCUT2D eigenvalue weighted by molar-refractivity contribution is 7.77. The lowest BCUT2D eigenvalue weighted by molar-refractivity contribution is -0.123. The summed E-state index contributed by atoms with van der Waals surface area (Å²) in [6, 6.07) is 0.692. The zero-order valence-corrected chi connectivity index (χ0v) is 10.5. The highest BCUT2D eigenvalue weighted by Crippen LogP contribution is 2.23. The molecule has 16 heavy (non-hydrogen) atoms. The predicted molar refractivity (Wildman–Crippen MR) is 67.1 cm³/mol. The Labute approximate surface area is 103 Å². The van der Waals surface area contributed by atoms with E-state index in [9.17, 15) is 4.79 Å². The van der Waals surface area contributed by atoms with Crippen molar-refractivity contribution in [3.63, 3.8) is 0 Å². The standard InChI is InChI=1S/C11H21N3OS/c12-11(15)9-1-5-13(6-2-9)10-3-7-14(16)8-4-10/h9-10,16H,1-8H2,(H2,12,15). The zero-order valence-electron chi connectivity index (χ0n) is 9.64. The fraction of sp³-hybridized carbons (Fsp3) is 0.909. The molecule has 0 aromatic rings. The van der Waals surface area contributed by atoms with Gasteiger partial charge in [-0.1, -0.05) is 12.8 Å². The van der Waals surface area contributed by atoms with Gasteiger partial charge in [-0.05, 0) is 38.8 Å². The van der Waals surface area contributed by atoms with Gasteiger partial charge < -0.3 is 10.6 Å². The molecule has 0 saturated carbocycles. The van der Waals surface area contributed by atoms with Crippen LogP contribution in [0.4, 0.5) is 0 Å². The van der Waals surface area contributed by atoms with Crippen LogP contribution >= 0.6 is 12.8 Å². The van der Waals surface area contributed by atoms with Crippen LogP contribution in [-0.2, 0) is 4.79 Å². The number of thiol groups is 1. The maximum Gasteiger partial charge on any atom is 0.220 e. The molecule has 0 unspecified atom stereocenters. The van der Waals surface area contributed by atoms with Crippen molar-refractivity contribution in [3.05, 3.63) is 0 Å². The van der Waals surface area contributed by atoms with Crippen molar-refractivity contribution < 1.29 is 4.79 Å². The number of nitrogens with zero attached hydrogens (tertiary/aromatic N) is 2. The van der Waals surface area contributed by atoms with Crippen LogP contribution in [0.25, 0.3) is 0 Å². The molecule has 2 N–H and O–H groups in total. The first-order valence-corrected chi connectivity index (χ1v) is 6.54. The van der Waals surface area contributed by atoms with E-state index >= 15 is 0 Å². The lowest BCUT2D eigenvalue weighted by Gasteiger charge is -2.40. The molecule has 1 amide bonds. The predicted octanol–water partition coefficient (Wildman–Crippen LogP) is 0.493. The van der Waals surface area contributed by atoms with Crippen LogP contribution in [0.3, 0.4) is 0 Å². The van der Waals surface area contributed by atoms with E-state index < -0.39 is 0 Å². The lowest BCUT2D eigenvalue weighted by Crippen LogP contribution is -2.47. The Balaban J connectivity index is 1.78. The summed E-state index contributed by atoms with van der Waals surface area (Å²) in [7, 11) is 0. The van der Waals surface area contributed by atoms with E-state index in [4.69, 9.17) is 5.73 Å². The number of rotatable bonds is 2. The Morgan fingerprint density at radius 1 is 1.06 bits per heavy atom. The summed E-state index contributed by atoms with van der Waals surface area (Å²) in [6.45, 7) is 4.21. The molecular formula is C11H21N3OS. The molecule has 0 bridgehead atoms. The number of carbonyl (C=O) groups excluding carboxylic acids is 1. The number of hydrogen-bond acceptors (Lipinski definition) is 4. The second-order valence-corrected chi connectivity index (χ2v) is 5.46.